The molecule has 0 aromatic carbocycles. The summed E-state index contributed by atoms with van der Waals surface area (Å²) in [5, 5.41) is 0. The van der Waals surface area contributed by atoms with Crippen LogP contribution in [0.4, 0.5) is 0 Å². The number of unbranched alkanes of at least 4 members (excludes halogenated alkanes) is 12. The largest absolute Gasteiger partial charge is 0.472 e. The number of nitrogens with zero attached hydrogens (tertiary/aromatic N) is 1. The average Bonchev–Trinajstić information content (AvgIpc) is 2.83. The van der Waals surface area contributed by atoms with Crippen molar-refractivity contribution in [3.63, 3.8) is 0 Å². The number of carbonyl (C=O) groups is 2. The molecule has 0 aliphatic heterocycles. The van der Waals surface area contributed by atoms with Crippen molar-refractivity contribution in [1.82, 2.24) is 0 Å². The topological polar surface area (TPSA) is 108 Å². The highest BCUT2D eigenvalue weighted by Crippen LogP contribution is 2.43. The van der Waals surface area contributed by atoms with Crippen LogP contribution in [0.15, 0.2) is 0 Å². The lowest BCUT2D eigenvalue weighted by atomic mass is 10.0. The Morgan fingerprint density at radius 2 is 1.24 bits per heavy atom. The molecule has 0 aliphatic carbocycles. The van der Waals surface area contributed by atoms with Gasteiger partial charge >= 0.3 is 19.8 Å². The van der Waals surface area contributed by atoms with E-state index in [0.717, 1.165) is 12.8 Å². The first-order chi connectivity index (χ1) is 18.0. The number of ether oxygens (including phenoxy) is 2. The van der Waals surface area contributed by atoms with Gasteiger partial charge in [-0.3, -0.25) is 18.6 Å². The Morgan fingerprint density at radius 3 is 1.74 bits per heavy atom. The molecule has 0 rings (SSSR count). The molecule has 1 unspecified atom stereocenters. The standard InChI is InChI=1S/C28H56NO8P/c1-6-8-9-10-11-12-13-14-15-16-17-18-19-21-28(31)37-26(24-34-27(30)20-7-2)25-36-38(32,33)35-23-22-29(3,4)5/h26H,6-25H2,1-5H3/p+1/t26-/m1/s1. The second kappa shape index (κ2) is 22.8. The Hall–Kier alpha value is -0.990. The first-order valence-corrected chi connectivity index (χ1v) is 16.3. The fourth-order valence-electron chi connectivity index (χ4n) is 3.75. The molecule has 0 fully saturated rings. The van der Waals surface area contributed by atoms with Crippen molar-refractivity contribution in [2.24, 2.45) is 0 Å². The summed E-state index contributed by atoms with van der Waals surface area (Å²) in [6.07, 6.45) is 16.0. The molecule has 9 nitrogen and oxygen atoms in total. The van der Waals surface area contributed by atoms with Crippen molar-refractivity contribution < 1.29 is 42.1 Å². The van der Waals surface area contributed by atoms with Crippen LogP contribution < -0.4 is 0 Å². The first-order valence-electron chi connectivity index (χ1n) is 14.8. The highest BCUT2D eigenvalue weighted by atomic mass is 31.2. The molecule has 0 aromatic rings. The maximum atomic E-state index is 12.3. The lowest BCUT2D eigenvalue weighted by Gasteiger charge is -2.24. The van der Waals surface area contributed by atoms with E-state index >= 15 is 0 Å². The van der Waals surface area contributed by atoms with Crippen LogP contribution in [0.3, 0.4) is 0 Å². The lowest BCUT2D eigenvalue weighted by molar-refractivity contribution is -0.870. The maximum absolute atomic E-state index is 12.3. The van der Waals surface area contributed by atoms with E-state index in [4.69, 9.17) is 18.5 Å². The van der Waals surface area contributed by atoms with Gasteiger partial charge in [-0.15, -0.1) is 0 Å². The van der Waals surface area contributed by atoms with Crippen LogP contribution in [0, 0.1) is 0 Å². The first kappa shape index (κ1) is 37.0. The van der Waals surface area contributed by atoms with Crippen molar-refractivity contribution >= 4 is 19.8 Å². The molecule has 0 spiro atoms. The molecular formula is C28H57NO8P+. The number of hydrogen-bond acceptors (Lipinski definition) is 7. The van der Waals surface area contributed by atoms with E-state index in [2.05, 4.69) is 6.92 Å². The van der Waals surface area contributed by atoms with Gasteiger partial charge in [-0.2, -0.15) is 0 Å². The highest BCUT2D eigenvalue weighted by molar-refractivity contribution is 7.47. The predicted molar refractivity (Wildman–Crippen MR) is 151 cm³/mol. The zero-order chi connectivity index (χ0) is 28.7. The number of hydrogen-bond donors (Lipinski definition) is 1. The zero-order valence-corrected chi connectivity index (χ0v) is 25.8. The molecule has 38 heavy (non-hydrogen) atoms. The Bertz CT molecular complexity index is 653. The third kappa shape index (κ3) is 25.3. The molecule has 226 valence electrons. The monoisotopic (exact) mass is 566 g/mol. The minimum atomic E-state index is -4.33. The summed E-state index contributed by atoms with van der Waals surface area (Å²) in [4.78, 5) is 34.0. The van der Waals surface area contributed by atoms with Gasteiger partial charge in [0, 0.05) is 12.8 Å². The van der Waals surface area contributed by atoms with Crippen LogP contribution in [0.2, 0.25) is 0 Å². The van der Waals surface area contributed by atoms with Gasteiger partial charge in [0.25, 0.3) is 0 Å². The summed E-state index contributed by atoms with van der Waals surface area (Å²) in [5.41, 5.74) is 0. The predicted octanol–water partition coefficient (Wildman–Crippen LogP) is 6.56. The number of esters is 2. The van der Waals surface area contributed by atoms with Crippen LogP contribution in [-0.4, -0.2) is 74.9 Å². The van der Waals surface area contributed by atoms with E-state index in [1.54, 1.807) is 0 Å². The number of rotatable bonds is 26. The molecule has 0 aromatic heterocycles. The van der Waals surface area contributed by atoms with E-state index < -0.39 is 32.5 Å². The number of quaternary nitrogens is 1. The Kier molecular flexibility index (Phi) is 22.2. The smallest absolute Gasteiger partial charge is 0.462 e. The Morgan fingerprint density at radius 1 is 0.711 bits per heavy atom. The maximum Gasteiger partial charge on any atom is 0.472 e. The lowest BCUT2D eigenvalue weighted by Crippen LogP contribution is -2.37. The minimum Gasteiger partial charge on any atom is -0.462 e. The van der Waals surface area contributed by atoms with E-state index in [0.29, 0.717) is 23.9 Å². The average molecular weight is 567 g/mol. The quantitative estimate of drug-likeness (QED) is 0.0543. The van der Waals surface area contributed by atoms with E-state index in [9.17, 15) is 19.0 Å². The fraction of sp³-hybridized carbons (Fsp3) is 0.929. The number of phosphoric acid groups is 1. The highest BCUT2D eigenvalue weighted by Gasteiger charge is 2.26. The van der Waals surface area contributed by atoms with Crippen molar-refractivity contribution in [3.05, 3.63) is 0 Å². The van der Waals surface area contributed by atoms with Crippen molar-refractivity contribution in [2.75, 3.05) is 47.5 Å². The third-order valence-electron chi connectivity index (χ3n) is 6.11. The molecule has 10 heteroatoms. The third-order valence-corrected chi connectivity index (χ3v) is 7.09. The van der Waals surface area contributed by atoms with Gasteiger partial charge in [0.2, 0.25) is 0 Å². The zero-order valence-electron chi connectivity index (χ0n) is 24.9. The van der Waals surface area contributed by atoms with Gasteiger partial charge in [0.1, 0.15) is 19.8 Å². The van der Waals surface area contributed by atoms with Gasteiger partial charge < -0.3 is 18.9 Å². The summed E-state index contributed by atoms with van der Waals surface area (Å²) in [7, 11) is 1.47. The van der Waals surface area contributed by atoms with E-state index in [-0.39, 0.29) is 26.1 Å². The van der Waals surface area contributed by atoms with E-state index in [1.807, 2.05) is 28.1 Å². The molecule has 0 saturated heterocycles. The molecule has 0 heterocycles. The Labute approximate surface area is 232 Å². The summed E-state index contributed by atoms with van der Waals surface area (Å²) in [5.74, 6) is -0.858. The van der Waals surface area contributed by atoms with Gasteiger partial charge in [-0.05, 0) is 12.8 Å². The van der Waals surface area contributed by atoms with Crippen LogP contribution in [0.1, 0.15) is 117 Å². The van der Waals surface area contributed by atoms with Gasteiger partial charge in [0.05, 0.1) is 27.7 Å². The van der Waals surface area contributed by atoms with Crippen LogP contribution >= 0.6 is 7.82 Å². The number of likely N-dealkylation sites (N-methyl/N-ethyl adjacent to an activating group) is 1. The number of carbonyl (C=O) groups excluding carboxylic acids is 2. The number of phosphoric ester groups is 1. The summed E-state index contributed by atoms with van der Waals surface area (Å²) >= 11 is 0. The Balaban J connectivity index is 4.24. The molecule has 0 saturated carbocycles. The van der Waals surface area contributed by atoms with Gasteiger partial charge in [0.15, 0.2) is 6.10 Å². The summed E-state index contributed by atoms with van der Waals surface area (Å²) in [6, 6.07) is 0. The summed E-state index contributed by atoms with van der Waals surface area (Å²) in [6.45, 7) is 4.01. The van der Waals surface area contributed by atoms with Gasteiger partial charge in [-0.1, -0.05) is 90.9 Å². The molecule has 0 radical (unpaired) electrons. The second-order valence-corrected chi connectivity index (χ2v) is 12.6. The molecule has 0 aliphatic rings. The van der Waals surface area contributed by atoms with Crippen molar-refractivity contribution in [3.8, 4) is 0 Å². The molecule has 2 atom stereocenters. The summed E-state index contributed by atoms with van der Waals surface area (Å²) < 4.78 is 33.4. The van der Waals surface area contributed by atoms with Crippen LogP contribution in [-0.2, 0) is 32.7 Å². The molecule has 1 N–H and O–H groups in total. The molecular weight excluding hydrogens is 509 g/mol. The fourth-order valence-corrected chi connectivity index (χ4v) is 4.50. The van der Waals surface area contributed by atoms with Crippen molar-refractivity contribution in [2.45, 2.75) is 123 Å². The minimum absolute atomic E-state index is 0.0340. The van der Waals surface area contributed by atoms with Crippen LogP contribution in [0.5, 0.6) is 0 Å². The second-order valence-electron chi connectivity index (χ2n) is 11.1. The van der Waals surface area contributed by atoms with Crippen molar-refractivity contribution in [1.29, 1.82) is 0 Å². The normalized spacial score (nSPS) is 14.2. The van der Waals surface area contributed by atoms with Gasteiger partial charge in [-0.25, -0.2) is 4.57 Å². The van der Waals surface area contributed by atoms with Crippen LogP contribution in [0.25, 0.3) is 0 Å². The SMILES string of the molecule is CCCCCCCCCCCCCCCC(=O)O[C@H](COC(=O)CCC)COP(=O)(O)OCC[N+](C)(C)C. The molecule has 0 amide bonds. The van der Waals surface area contributed by atoms with E-state index in [1.165, 1.54) is 64.2 Å². The molecule has 0 bridgehead atoms.